The number of allylic oxidation sites excluding steroid dienone is 1. The molecule has 12 heteroatoms. The molecule has 3 heterocycles. The summed E-state index contributed by atoms with van der Waals surface area (Å²) in [4.78, 5) is 13.6. The Labute approximate surface area is 314 Å². The molecule has 6 rings (SSSR count). The maximum atomic E-state index is 14.3. The van der Waals surface area contributed by atoms with E-state index < -0.39 is 5.97 Å². The standard InChI is InChI=1S/C38H42ClFN6O3S.C2H6/c1-5-42-46-15-7-6-9-27(46)20-33-34(39)14-13-32-31(37(38(47)48)44(3)36(32)33)10-8-16-49-35-21-29(18-24-17-25(40)11-12-30(24)35)50-23-26-19-28(22-41-2)45(4)43-26;1-2/h5,11-14,17-21,41H,6-10,15-16,22-23H2,1-4H3,(H,47,48);1-2H3/b27-20+,42-5+;. The molecule has 0 atom stereocenters. The van der Waals surface area contributed by atoms with Crippen molar-refractivity contribution in [2.75, 3.05) is 20.2 Å². The van der Waals surface area contributed by atoms with Gasteiger partial charge in [0.2, 0.25) is 0 Å². The number of halogens is 2. The number of thioether (sulfide) groups is 1. The van der Waals surface area contributed by atoms with Crippen molar-refractivity contribution in [2.24, 2.45) is 19.2 Å². The van der Waals surface area contributed by atoms with Gasteiger partial charge in [0.25, 0.3) is 0 Å². The van der Waals surface area contributed by atoms with Crippen molar-refractivity contribution in [3.05, 3.63) is 93.3 Å². The zero-order chi connectivity index (χ0) is 37.4. The van der Waals surface area contributed by atoms with Crippen molar-refractivity contribution in [3.63, 3.8) is 0 Å². The van der Waals surface area contributed by atoms with Gasteiger partial charge >= 0.3 is 5.97 Å². The van der Waals surface area contributed by atoms with Gasteiger partial charge in [0, 0.05) is 71.1 Å². The van der Waals surface area contributed by atoms with E-state index in [4.69, 9.17) is 16.3 Å². The van der Waals surface area contributed by atoms with Crippen LogP contribution in [0.1, 0.15) is 79.5 Å². The molecule has 276 valence electrons. The van der Waals surface area contributed by atoms with Crippen LogP contribution in [0.25, 0.3) is 27.8 Å². The molecule has 1 saturated heterocycles. The number of aromatic carboxylic acids is 1. The highest BCUT2D eigenvalue weighted by Crippen LogP contribution is 2.37. The fraction of sp³-hybridized carbons (Fsp3) is 0.375. The summed E-state index contributed by atoms with van der Waals surface area (Å²) in [5.74, 6) is 0.0101. The zero-order valence-electron chi connectivity index (χ0n) is 30.8. The highest BCUT2D eigenvalue weighted by molar-refractivity contribution is 7.98. The zero-order valence-corrected chi connectivity index (χ0v) is 32.4. The van der Waals surface area contributed by atoms with Crippen molar-refractivity contribution < 1.29 is 19.0 Å². The average Bonchev–Trinajstić information content (AvgIpc) is 3.63. The Morgan fingerprint density at radius 2 is 1.92 bits per heavy atom. The summed E-state index contributed by atoms with van der Waals surface area (Å²) in [5.41, 5.74) is 5.67. The summed E-state index contributed by atoms with van der Waals surface area (Å²) in [5, 5.41) is 27.7. The number of rotatable bonds is 13. The first-order valence-corrected chi connectivity index (χ1v) is 19.2. The van der Waals surface area contributed by atoms with Crippen molar-refractivity contribution in [2.45, 2.75) is 70.1 Å². The monoisotopic (exact) mass is 746 g/mol. The molecule has 52 heavy (non-hydrogen) atoms. The Morgan fingerprint density at radius 3 is 2.67 bits per heavy atom. The molecule has 1 fully saturated rings. The highest BCUT2D eigenvalue weighted by atomic mass is 35.5. The number of hydrogen-bond acceptors (Lipinski definition) is 7. The van der Waals surface area contributed by atoms with E-state index in [2.05, 4.69) is 27.7 Å². The molecule has 0 amide bonds. The van der Waals surface area contributed by atoms with Crippen molar-refractivity contribution >= 4 is 63.3 Å². The van der Waals surface area contributed by atoms with E-state index in [1.54, 1.807) is 35.7 Å². The number of nitrogens with one attached hydrogen (secondary N) is 1. The molecule has 1 aliphatic heterocycles. The van der Waals surface area contributed by atoms with E-state index in [9.17, 15) is 14.3 Å². The van der Waals surface area contributed by atoms with Gasteiger partial charge in [-0.15, -0.1) is 11.8 Å². The number of carboxylic acid groups (broad SMARTS) is 1. The van der Waals surface area contributed by atoms with Crippen LogP contribution in [0.15, 0.2) is 64.2 Å². The third kappa shape index (κ3) is 8.65. The topological polar surface area (TPSA) is 96.9 Å². The fourth-order valence-electron chi connectivity index (χ4n) is 6.78. The second-order valence-electron chi connectivity index (χ2n) is 12.4. The summed E-state index contributed by atoms with van der Waals surface area (Å²) in [6.45, 7) is 7.80. The fourth-order valence-corrected chi connectivity index (χ4v) is 7.84. The van der Waals surface area contributed by atoms with Gasteiger partial charge in [0.15, 0.2) is 0 Å². The van der Waals surface area contributed by atoms with Gasteiger partial charge < -0.3 is 19.7 Å². The Bertz CT molecular complexity index is 2110. The van der Waals surface area contributed by atoms with Crippen molar-refractivity contribution in [1.29, 1.82) is 0 Å². The number of hydrogen-bond donors (Lipinski definition) is 2. The molecule has 0 bridgehead atoms. The minimum atomic E-state index is -0.993. The maximum absolute atomic E-state index is 14.3. The second kappa shape index (κ2) is 17.9. The van der Waals surface area contributed by atoms with E-state index in [1.807, 2.05) is 68.8 Å². The molecule has 0 saturated carbocycles. The number of carboxylic acids is 1. The number of hydrazone groups is 1. The number of carbonyl (C=O) groups is 1. The van der Waals surface area contributed by atoms with Gasteiger partial charge in [0.1, 0.15) is 17.3 Å². The van der Waals surface area contributed by atoms with E-state index in [1.165, 1.54) is 12.1 Å². The lowest BCUT2D eigenvalue weighted by atomic mass is 10.0. The maximum Gasteiger partial charge on any atom is 0.352 e. The molecular formula is C40H48ClFN6O3S. The molecule has 5 aromatic rings. The van der Waals surface area contributed by atoms with Crippen molar-refractivity contribution in [3.8, 4) is 5.75 Å². The van der Waals surface area contributed by atoms with Crippen molar-refractivity contribution in [1.82, 2.24) is 24.7 Å². The number of ether oxygens (including phenoxy) is 1. The third-order valence-electron chi connectivity index (χ3n) is 9.05. The number of fused-ring (bicyclic) bond motifs is 2. The smallest absolute Gasteiger partial charge is 0.352 e. The lowest BCUT2D eigenvalue weighted by molar-refractivity contribution is 0.0685. The van der Waals surface area contributed by atoms with Crippen LogP contribution in [0, 0.1) is 5.82 Å². The number of aromatic nitrogens is 3. The highest BCUT2D eigenvalue weighted by Gasteiger charge is 2.24. The SMILES string of the molecule is C/C=N/N1CCCC/C1=C\c1c(Cl)ccc2c(CCCOc3cc(SCc4cc(CNC)n(C)n4)cc4cc(F)ccc34)c(C(=O)O)n(C)c12.CC. The van der Waals surface area contributed by atoms with Gasteiger partial charge in [-0.2, -0.15) is 10.2 Å². The molecule has 0 spiro atoms. The number of benzene rings is 3. The van der Waals surface area contributed by atoms with E-state index in [-0.39, 0.29) is 11.5 Å². The first kappa shape index (κ1) is 38.9. The minimum Gasteiger partial charge on any atom is -0.493 e. The molecule has 0 aliphatic carbocycles. The summed E-state index contributed by atoms with van der Waals surface area (Å²) >= 11 is 8.41. The van der Waals surface area contributed by atoms with Gasteiger partial charge in [-0.05, 0) is 106 Å². The summed E-state index contributed by atoms with van der Waals surface area (Å²) in [6, 6.07) is 14.5. The lowest BCUT2D eigenvalue weighted by Gasteiger charge is -2.27. The third-order valence-corrected chi connectivity index (χ3v) is 10.4. The quantitative estimate of drug-likeness (QED) is 0.0704. The summed E-state index contributed by atoms with van der Waals surface area (Å²) < 4.78 is 24.3. The average molecular weight is 747 g/mol. The predicted molar refractivity (Wildman–Crippen MR) is 212 cm³/mol. The van der Waals surface area contributed by atoms with Crippen LogP contribution in [0.2, 0.25) is 5.02 Å². The summed E-state index contributed by atoms with van der Waals surface area (Å²) in [6.07, 6.45) is 7.88. The predicted octanol–water partition coefficient (Wildman–Crippen LogP) is 9.44. The molecule has 9 nitrogen and oxygen atoms in total. The molecule has 0 radical (unpaired) electrons. The Hall–Kier alpha value is -4.32. The van der Waals surface area contributed by atoms with Crippen LogP contribution in [-0.2, 0) is 32.8 Å². The van der Waals surface area contributed by atoms with Gasteiger partial charge in [-0.1, -0.05) is 31.5 Å². The number of aryl methyl sites for hydroxylation is 3. The molecule has 3 aromatic carbocycles. The lowest BCUT2D eigenvalue weighted by Crippen LogP contribution is -2.22. The molecule has 2 aromatic heterocycles. The van der Waals surface area contributed by atoms with Crippen LogP contribution in [0.5, 0.6) is 5.75 Å². The van der Waals surface area contributed by atoms with E-state index >= 15 is 0 Å². The molecular weight excluding hydrogens is 699 g/mol. The summed E-state index contributed by atoms with van der Waals surface area (Å²) in [7, 11) is 5.63. The van der Waals surface area contributed by atoms with E-state index in [0.29, 0.717) is 36.0 Å². The Morgan fingerprint density at radius 1 is 1.13 bits per heavy atom. The Kier molecular flexibility index (Phi) is 13.4. The first-order chi connectivity index (χ1) is 25.2. The second-order valence-corrected chi connectivity index (χ2v) is 13.9. The van der Waals surface area contributed by atoms with Crippen LogP contribution in [0.4, 0.5) is 4.39 Å². The molecule has 0 unspecified atom stereocenters. The van der Waals surface area contributed by atoms with Crippen LogP contribution in [0.3, 0.4) is 0 Å². The van der Waals surface area contributed by atoms with Crippen LogP contribution in [-0.4, -0.2) is 56.8 Å². The minimum absolute atomic E-state index is 0.237. The normalized spacial score (nSPS) is 14.1. The number of piperidine rings is 1. The first-order valence-electron chi connectivity index (χ1n) is 17.8. The largest absolute Gasteiger partial charge is 0.493 e. The molecule has 1 aliphatic rings. The van der Waals surface area contributed by atoms with Gasteiger partial charge in [-0.3, -0.25) is 9.69 Å². The Balaban J connectivity index is 0.00000257. The van der Waals surface area contributed by atoms with E-state index in [0.717, 1.165) is 87.1 Å². The molecule has 2 N–H and O–H groups in total. The van der Waals surface area contributed by atoms with Gasteiger partial charge in [-0.25, -0.2) is 9.18 Å². The van der Waals surface area contributed by atoms with Gasteiger partial charge in [0.05, 0.1) is 23.5 Å². The number of nitrogens with zero attached hydrogens (tertiary/aromatic N) is 5. The van der Waals surface area contributed by atoms with Crippen LogP contribution < -0.4 is 10.1 Å². The van der Waals surface area contributed by atoms with Crippen LogP contribution >= 0.6 is 23.4 Å².